The number of rotatable bonds is 3. The van der Waals surface area contributed by atoms with E-state index in [4.69, 9.17) is 13.9 Å². The highest BCUT2D eigenvalue weighted by atomic mass is 16.6. The van der Waals surface area contributed by atoms with E-state index in [0.29, 0.717) is 35.7 Å². The van der Waals surface area contributed by atoms with Crippen LogP contribution < -0.4 is 20.2 Å². The van der Waals surface area contributed by atoms with E-state index in [1.54, 1.807) is 12.1 Å². The minimum absolute atomic E-state index is 0.0103. The molecule has 0 atom stereocenters. The zero-order valence-corrected chi connectivity index (χ0v) is 14.2. The van der Waals surface area contributed by atoms with Crippen molar-refractivity contribution in [2.24, 2.45) is 0 Å². The third-order valence-electron chi connectivity index (χ3n) is 4.17. The van der Waals surface area contributed by atoms with Gasteiger partial charge in [-0.3, -0.25) is 9.59 Å². The topological polar surface area (TPSA) is 77.8 Å². The van der Waals surface area contributed by atoms with Crippen molar-refractivity contribution in [3.05, 3.63) is 69.6 Å². The maximum Gasteiger partial charge on any atom is 0.287 e. The number of benzene rings is 2. The van der Waals surface area contributed by atoms with Crippen molar-refractivity contribution in [3.63, 3.8) is 0 Å². The Hall–Kier alpha value is -3.28. The van der Waals surface area contributed by atoms with Gasteiger partial charge < -0.3 is 19.2 Å². The Balaban J connectivity index is 1.52. The first-order valence-corrected chi connectivity index (χ1v) is 8.31. The SMILES string of the molecule is Cc1ccc2oc(C(=O)NCc3ccc4c(c3)OCCO4)cc(=O)c2c1. The summed E-state index contributed by atoms with van der Waals surface area (Å²) in [6.45, 7) is 3.21. The molecule has 0 unspecified atom stereocenters. The summed E-state index contributed by atoms with van der Waals surface area (Å²) in [5, 5.41) is 3.22. The summed E-state index contributed by atoms with van der Waals surface area (Å²) < 4.78 is 16.6. The lowest BCUT2D eigenvalue weighted by Gasteiger charge is -2.18. The first-order valence-electron chi connectivity index (χ1n) is 8.31. The maximum absolute atomic E-state index is 12.4. The average molecular weight is 351 g/mol. The molecule has 4 rings (SSSR count). The molecule has 26 heavy (non-hydrogen) atoms. The van der Waals surface area contributed by atoms with E-state index in [1.807, 2.05) is 31.2 Å². The maximum atomic E-state index is 12.4. The molecular weight excluding hydrogens is 334 g/mol. The molecule has 0 aliphatic carbocycles. The number of carbonyl (C=O) groups excluding carboxylic acids is 1. The van der Waals surface area contributed by atoms with Crippen LogP contribution >= 0.6 is 0 Å². The summed E-state index contributed by atoms with van der Waals surface area (Å²) in [6, 6.07) is 12.0. The Morgan fingerprint density at radius 2 is 1.85 bits per heavy atom. The number of carbonyl (C=O) groups is 1. The molecule has 2 heterocycles. The zero-order chi connectivity index (χ0) is 18.1. The third-order valence-corrected chi connectivity index (χ3v) is 4.17. The van der Waals surface area contributed by atoms with Gasteiger partial charge in [-0.2, -0.15) is 0 Å². The number of ether oxygens (including phenoxy) is 2. The van der Waals surface area contributed by atoms with Crippen molar-refractivity contribution in [2.45, 2.75) is 13.5 Å². The highest BCUT2D eigenvalue weighted by Gasteiger charge is 2.14. The smallest absolute Gasteiger partial charge is 0.287 e. The van der Waals surface area contributed by atoms with E-state index >= 15 is 0 Å². The van der Waals surface area contributed by atoms with Crippen LogP contribution in [-0.4, -0.2) is 19.1 Å². The molecule has 2 aromatic carbocycles. The second-order valence-electron chi connectivity index (χ2n) is 6.14. The van der Waals surface area contributed by atoms with Crippen LogP contribution in [0.25, 0.3) is 11.0 Å². The fraction of sp³-hybridized carbons (Fsp3) is 0.200. The molecule has 6 nitrogen and oxygen atoms in total. The summed E-state index contributed by atoms with van der Waals surface area (Å²) in [4.78, 5) is 24.6. The van der Waals surface area contributed by atoms with E-state index in [0.717, 1.165) is 11.1 Å². The van der Waals surface area contributed by atoms with Crippen LogP contribution in [0.1, 0.15) is 21.7 Å². The lowest BCUT2D eigenvalue weighted by molar-refractivity contribution is 0.0923. The predicted octanol–water partition coefficient (Wildman–Crippen LogP) is 2.80. The van der Waals surface area contributed by atoms with Crippen molar-refractivity contribution in [1.82, 2.24) is 5.32 Å². The summed E-state index contributed by atoms with van der Waals surface area (Å²) >= 11 is 0. The normalized spacial score (nSPS) is 12.8. The van der Waals surface area contributed by atoms with Gasteiger partial charge in [0.1, 0.15) is 18.8 Å². The van der Waals surface area contributed by atoms with Crippen LogP contribution in [0.15, 0.2) is 51.7 Å². The Morgan fingerprint density at radius 1 is 1.04 bits per heavy atom. The van der Waals surface area contributed by atoms with Gasteiger partial charge in [0.25, 0.3) is 5.91 Å². The van der Waals surface area contributed by atoms with Crippen molar-refractivity contribution >= 4 is 16.9 Å². The van der Waals surface area contributed by atoms with Crippen LogP contribution in [0.4, 0.5) is 0 Å². The monoisotopic (exact) mass is 351 g/mol. The number of hydrogen-bond acceptors (Lipinski definition) is 5. The lowest BCUT2D eigenvalue weighted by Crippen LogP contribution is -2.24. The van der Waals surface area contributed by atoms with Crippen LogP contribution in [-0.2, 0) is 6.54 Å². The summed E-state index contributed by atoms with van der Waals surface area (Å²) in [5.74, 6) is 0.904. The Bertz CT molecular complexity index is 1050. The van der Waals surface area contributed by atoms with Crippen molar-refractivity contribution in [2.75, 3.05) is 13.2 Å². The molecule has 1 N–H and O–H groups in total. The van der Waals surface area contributed by atoms with Gasteiger partial charge in [0, 0.05) is 12.6 Å². The number of aryl methyl sites for hydroxylation is 1. The predicted molar refractivity (Wildman–Crippen MR) is 95.8 cm³/mol. The Morgan fingerprint density at radius 3 is 2.69 bits per heavy atom. The third kappa shape index (κ3) is 3.13. The van der Waals surface area contributed by atoms with E-state index in [-0.39, 0.29) is 17.7 Å². The van der Waals surface area contributed by atoms with E-state index in [1.165, 1.54) is 6.07 Å². The minimum atomic E-state index is -0.445. The molecule has 0 saturated heterocycles. The first-order chi connectivity index (χ1) is 12.6. The van der Waals surface area contributed by atoms with E-state index < -0.39 is 5.91 Å². The summed E-state index contributed by atoms with van der Waals surface area (Å²) in [5.41, 5.74) is 1.98. The molecule has 0 spiro atoms. The molecule has 0 bridgehead atoms. The summed E-state index contributed by atoms with van der Waals surface area (Å²) in [7, 11) is 0. The Kier molecular flexibility index (Phi) is 4.08. The minimum Gasteiger partial charge on any atom is -0.486 e. The van der Waals surface area contributed by atoms with E-state index in [2.05, 4.69) is 5.32 Å². The van der Waals surface area contributed by atoms with Crippen molar-refractivity contribution < 1.29 is 18.7 Å². The highest BCUT2D eigenvalue weighted by Crippen LogP contribution is 2.30. The second kappa shape index (κ2) is 6.55. The van der Waals surface area contributed by atoms with Gasteiger partial charge >= 0.3 is 0 Å². The molecule has 0 radical (unpaired) electrons. The standard InChI is InChI=1S/C20H17NO5/c1-12-2-4-16-14(8-12)15(22)10-19(26-16)20(23)21-11-13-3-5-17-18(9-13)25-7-6-24-17/h2-5,8-10H,6-7,11H2,1H3,(H,21,23). The quantitative estimate of drug-likeness (QED) is 0.785. The molecule has 0 saturated carbocycles. The summed E-state index contributed by atoms with van der Waals surface area (Å²) in [6.07, 6.45) is 0. The van der Waals surface area contributed by atoms with Crippen LogP contribution in [0.2, 0.25) is 0 Å². The van der Waals surface area contributed by atoms with Gasteiger partial charge in [0.2, 0.25) is 0 Å². The first kappa shape index (κ1) is 16.2. The fourth-order valence-corrected chi connectivity index (χ4v) is 2.85. The van der Waals surface area contributed by atoms with Gasteiger partial charge in [-0.15, -0.1) is 0 Å². The number of amides is 1. The molecule has 1 aliphatic rings. The van der Waals surface area contributed by atoms with Crippen molar-refractivity contribution in [1.29, 1.82) is 0 Å². The van der Waals surface area contributed by atoms with Gasteiger partial charge in [-0.25, -0.2) is 0 Å². The average Bonchev–Trinajstić information content (AvgIpc) is 2.66. The lowest BCUT2D eigenvalue weighted by atomic mass is 10.1. The zero-order valence-electron chi connectivity index (χ0n) is 14.2. The number of fused-ring (bicyclic) bond motifs is 2. The van der Waals surface area contributed by atoms with Crippen molar-refractivity contribution in [3.8, 4) is 11.5 Å². The van der Waals surface area contributed by atoms with Crippen LogP contribution in [0.5, 0.6) is 11.5 Å². The molecule has 1 aliphatic heterocycles. The number of nitrogens with one attached hydrogen (secondary N) is 1. The van der Waals surface area contributed by atoms with Gasteiger partial charge in [0.15, 0.2) is 22.7 Å². The largest absolute Gasteiger partial charge is 0.486 e. The highest BCUT2D eigenvalue weighted by molar-refractivity contribution is 5.93. The molecule has 132 valence electrons. The number of hydrogen-bond donors (Lipinski definition) is 1. The molecule has 3 aromatic rings. The Labute approximate surface area is 149 Å². The van der Waals surface area contributed by atoms with Crippen LogP contribution in [0.3, 0.4) is 0 Å². The molecule has 1 amide bonds. The van der Waals surface area contributed by atoms with Gasteiger partial charge in [-0.05, 0) is 36.8 Å². The van der Waals surface area contributed by atoms with Crippen LogP contribution in [0, 0.1) is 6.92 Å². The molecular formula is C20H17NO5. The molecule has 0 fully saturated rings. The molecule has 6 heteroatoms. The second-order valence-corrected chi connectivity index (χ2v) is 6.14. The van der Waals surface area contributed by atoms with Gasteiger partial charge in [0.05, 0.1) is 5.39 Å². The van der Waals surface area contributed by atoms with E-state index in [9.17, 15) is 9.59 Å². The molecule has 1 aromatic heterocycles. The van der Waals surface area contributed by atoms with Gasteiger partial charge in [-0.1, -0.05) is 17.7 Å². The fourth-order valence-electron chi connectivity index (χ4n) is 2.85.